The molecule has 4 heterocycles. The first-order valence-electron chi connectivity index (χ1n) is 10.7. The van der Waals surface area contributed by atoms with Crippen molar-refractivity contribution < 1.29 is 14.3 Å². The number of para-hydroxylation sites is 1. The van der Waals surface area contributed by atoms with Crippen molar-refractivity contribution in [2.75, 3.05) is 79.6 Å². The predicted octanol–water partition coefficient (Wildman–Crippen LogP) is 1.23. The Hall–Kier alpha value is -2.43. The van der Waals surface area contributed by atoms with Gasteiger partial charge in [0.2, 0.25) is 17.8 Å². The maximum Gasteiger partial charge on any atom is 0.237 e. The molecule has 0 unspecified atom stereocenters. The van der Waals surface area contributed by atoms with Gasteiger partial charge in [-0.15, -0.1) is 0 Å². The molecule has 164 valence electrons. The molecule has 1 amide bonds. The van der Waals surface area contributed by atoms with Gasteiger partial charge in [0.25, 0.3) is 0 Å². The first-order chi connectivity index (χ1) is 15.3. The zero-order chi connectivity index (χ0) is 21.0. The van der Waals surface area contributed by atoms with E-state index in [-0.39, 0.29) is 5.91 Å². The lowest BCUT2D eigenvalue weighted by molar-refractivity contribution is -0.116. The Morgan fingerprint density at radius 1 is 0.871 bits per heavy atom. The predicted molar refractivity (Wildman–Crippen MR) is 119 cm³/mol. The molecule has 0 aliphatic carbocycles. The Morgan fingerprint density at radius 3 is 2.13 bits per heavy atom. The van der Waals surface area contributed by atoms with Gasteiger partial charge in [0.1, 0.15) is 0 Å². The molecular weight excluding hydrogens is 416 g/mol. The van der Waals surface area contributed by atoms with Gasteiger partial charge < -0.3 is 24.2 Å². The van der Waals surface area contributed by atoms with E-state index in [1.807, 2.05) is 23.1 Å². The van der Waals surface area contributed by atoms with Crippen molar-refractivity contribution in [1.29, 1.82) is 0 Å². The fourth-order valence-electron chi connectivity index (χ4n) is 4.01. The highest BCUT2D eigenvalue weighted by atomic mass is 32.2. The second-order valence-electron chi connectivity index (χ2n) is 7.63. The number of nitrogens with zero attached hydrogens (tertiary/aromatic N) is 6. The van der Waals surface area contributed by atoms with Gasteiger partial charge in [0.15, 0.2) is 5.16 Å². The van der Waals surface area contributed by atoms with Crippen LogP contribution in [-0.2, 0) is 20.7 Å². The lowest BCUT2D eigenvalue weighted by Crippen LogP contribution is -2.40. The Kier molecular flexibility index (Phi) is 6.19. The minimum absolute atomic E-state index is 0.0798. The van der Waals surface area contributed by atoms with Gasteiger partial charge in [-0.2, -0.15) is 15.0 Å². The van der Waals surface area contributed by atoms with Gasteiger partial charge >= 0.3 is 0 Å². The number of rotatable bonds is 5. The lowest BCUT2D eigenvalue weighted by Gasteiger charge is -2.30. The van der Waals surface area contributed by atoms with Gasteiger partial charge in [-0.05, 0) is 18.1 Å². The Morgan fingerprint density at radius 2 is 1.48 bits per heavy atom. The zero-order valence-corrected chi connectivity index (χ0v) is 18.2. The van der Waals surface area contributed by atoms with Crippen molar-refractivity contribution >= 4 is 35.3 Å². The molecule has 3 aliphatic heterocycles. The molecule has 2 fully saturated rings. The highest BCUT2D eigenvalue weighted by Gasteiger charge is 2.25. The first kappa shape index (κ1) is 20.5. The lowest BCUT2D eigenvalue weighted by atomic mass is 10.2. The van der Waals surface area contributed by atoms with Gasteiger partial charge in [-0.3, -0.25) is 4.79 Å². The topological polar surface area (TPSA) is 83.9 Å². The molecule has 31 heavy (non-hydrogen) atoms. The number of thioether (sulfide) groups is 1. The molecule has 9 nitrogen and oxygen atoms in total. The molecule has 0 bridgehead atoms. The van der Waals surface area contributed by atoms with E-state index < -0.39 is 0 Å². The number of ether oxygens (including phenoxy) is 2. The van der Waals surface area contributed by atoms with Crippen LogP contribution in [0.25, 0.3) is 0 Å². The zero-order valence-electron chi connectivity index (χ0n) is 17.4. The van der Waals surface area contributed by atoms with E-state index in [1.54, 1.807) is 0 Å². The number of benzene rings is 1. The molecule has 5 rings (SSSR count). The molecule has 0 atom stereocenters. The average molecular weight is 443 g/mol. The van der Waals surface area contributed by atoms with Crippen molar-refractivity contribution in [2.45, 2.75) is 11.6 Å². The van der Waals surface area contributed by atoms with Gasteiger partial charge in [-0.25, -0.2) is 0 Å². The minimum Gasteiger partial charge on any atom is -0.378 e. The van der Waals surface area contributed by atoms with E-state index in [0.29, 0.717) is 49.2 Å². The van der Waals surface area contributed by atoms with Gasteiger partial charge in [0, 0.05) is 38.4 Å². The fourth-order valence-corrected chi connectivity index (χ4v) is 4.71. The second-order valence-corrected chi connectivity index (χ2v) is 8.57. The second kappa shape index (κ2) is 9.37. The smallest absolute Gasteiger partial charge is 0.237 e. The molecule has 0 radical (unpaired) electrons. The summed E-state index contributed by atoms with van der Waals surface area (Å²) in [5.74, 6) is 1.68. The largest absolute Gasteiger partial charge is 0.378 e. The maximum atomic E-state index is 12.9. The van der Waals surface area contributed by atoms with Crippen LogP contribution in [0.2, 0.25) is 0 Å². The van der Waals surface area contributed by atoms with E-state index in [0.717, 1.165) is 44.8 Å². The number of carbonyl (C=O) groups excluding carboxylic acids is 1. The molecule has 2 saturated heterocycles. The van der Waals surface area contributed by atoms with Crippen molar-refractivity contribution in [3.63, 3.8) is 0 Å². The van der Waals surface area contributed by atoms with Crippen LogP contribution in [0, 0.1) is 0 Å². The van der Waals surface area contributed by atoms with Gasteiger partial charge in [-0.1, -0.05) is 30.0 Å². The maximum absolute atomic E-state index is 12.9. The fraction of sp³-hybridized carbons (Fsp3) is 0.524. The summed E-state index contributed by atoms with van der Waals surface area (Å²) < 4.78 is 10.9. The van der Waals surface area contributed by atoms with Gasteiger partial charge in [0.05, 0.1) is 32.2 Å². The number of hydrogen-bond acceptors (Lipinski definition) is 9. The number of anilines is 3. The van der Waals surface area contributed by atoms with E-state index in [9.17, 15) is 4.79 Å². The van der Waals surface area contributed by atoms with Crippen LogP contribution in [0.4, 0.5) is 17.6 Å². The Balaban J connectivity index is 1.33. The molecule has 0 N–H and O–H groups in total. The highest BCUT2D eigenvalue weighted by Crippen LogP contribution is 2.29. The molecule has 2 aromatic rings. The standard InChI is InChI=1S/C21H26N6O3S/c28-18(27-6-5-16-3-1-2-4-17(16)27)15-31-21-23-19(25-7-11-29-12-8-25)22-20(24-21)26-9-13-30-14-10-26/h1-4H,5-15H2. The molecule has 1 aromatic carbocycles. The molecule has 1 aromatic heterocycles. The molecular formula is C21H26N6O3S. The van der Waals surface area contributed by atoms with Crippen LogP contribution < -0.4 is 14.7 Å². The summed E-state index contributed by atoms with van der Waals surface area (Å²) in [6.45, 7) is 6.37. The summed E-state index contributed by atoms with van der Waals surface area (Å²) in [5, 5.41) is 0.582. The number of carbonyl (C=O) groups is 1. The van der Waals surface area contributed by atoms with Crippen molar-refractivity contribution in [1.82, 2.24) is 15.0 Å². The van der Waals surface area contributed by atoms with Crippen LogP contribution in [-0.4, -0.2) is 85.8 Å². The average Bonchev–Trinajstić information content (AvgIpc) is 3.28. The van der Waals surface area contributed by atoms with Crippen molar-refractivity contribution in [2.24, 2.45) is 0 Å². The molecule has 3 aliphatic rings. The first-order valence-corrected chi connectivity index (χ1v) is 11.7. The van der Waals surface area contributed by atoms with E-state index in [1.165, 1.54) is 17.3 Å². The normalized spacial score (nSPS) is 18.9. The third-order valence-electron chi connectivity index (χ3n) is 5.69. The summed E-state index contributed by atoms with van der Waals surface area (Å²) in [6, 6.07) is 8.10. The number of hydrogen-bond donors (Lipinski definition) is 0. The van der Waals surface area contributed by atoms with Crippen LogP contribution in [0.1, 0.15) is 5.56 Å². The van der Waals surface area contributed by atoms with Crippen molar-refractivity contribution in [3.8, 4) is 0 Å². The quantitative estimate of drug-likeness (QED) is 0.635. The Labute approximate surface area is 185 Å². The van der Waals surface area contributed by atoms with E-state index >= 15 is 0 Å². The van der Waals surface area contributed by atoms with E-state index in [2.05, 4.69) is 25.8 Å². The number of morpholine rings is 2. The van der Waals surface area contributed by atoms with Crippen molar-refractivity contribution in [3.05, 3.63) is 29.8 Å². The highest BCUT2D eigenvalue weighted by molar-refractivity contribution is 7.99. The molecule has 0 saturated carbocycles. The molecule has 10 heteroatoms. The number of amides is 1. The summed E-state index contributed by atoms with van der Waals surface area (Å²) in [4.78, 5) is 33.1. The summed E-state index contributed by atoms with van der Waals surface area (Å²) in [7, 11) is 0. The van der Waals surface area contributed by atoms with Crippen LogP contribution in [0.3, 0.4) is 0 Å². The Bertz CT molecular complexity index is 897. The summed E-state index contributed by atoms with van der Waals surface area (Å²) in [6.07, 6.45) is 0.903. The number of aromatic nitrogens is 3. The SMILES string of the molecule is O=C(CSc1nc(N2CCOCC2)nc(N2CCOCC2)n1)N1CCc2ccccc21. The third kappa shape index (κ3) is 4.60. The van der Waals surface area contributed by atoms with Crippen LogP contribution in [0.5, 0.6) is 0 Å². The number of fused-ring (bicyclic) bond motifs is 1. The minimum atomic E-state index is 0.0798. The molecule has 0 spiro atoms. The van der Waals surface area contributed by atoms with Crippen LogP contribution >= 0.6 is 11.8 Å². The summed E-state index contributed by atoms with van der Waals surface area (Å²) in [5.41, 5.74) is 2.25. The summed E-state index contributed by atoms with van der Waals surface area (Å²) >= 11 is 1.38. The van der Waals surface area contributed by atoms with Crippen LogP contribution in [0.15, 0.2) is 29.4 Å². The van der Waals surface area contributed by atoms with E-state index in [4.69, 9.17) is 14.5 Å². The third-order valence-corrected chi connectivity index (χ3v) is 6.52. The monoisotopic (exact) mass is 442 g/mol.